The largest absolute Gasteiger partial charge is 0.364 e. The standard InChI is InChI=1S/C7H5N7O2/c8-1-2-14-7(16)13-3-10-4(5(9)15)6(13)11-12-14/h3H,2H2,(H2,9,15). The van der Waals surface area contributed by atoms with Gasteiger partial charge in [0.15, 0.2) is 11.3 Å². The highest BCUT2D eigenvalue weighted by Crippen LogP contribution is 2.00. The summed E-state index contributed by atoms with van der Waals surface area (Å²) in [5.41, 5.74) is 4.27. The normalized spacial score (nSPS) is 10.2. The van der Waals surface area contributed by atoms with Gasteiger partial charge in [-0.2, -0.15) is 9.94 Å². The lowest BCUT2D eigenvalue weighted by molar-refractivity contribution is 0.0997. The first-order valence-electron chi connectivity index (χ1n) is 4.12. The Hall–Kier alpha value is -2.76. The Morgan fingerprint density at radius 1 is 1.62 bits per heavy atom. The van der Waals surface area contributed by atoms with Crippen molar-refractivity contribution in [3.8, 4) is 6.07 Å². The van der Waals surface area contributed by atoms with E-state index in [0.717, 1.165) is 15.4 Å². The zero-order valence-electron chi connectivity index (χ0n) is 7.86. The number of rotatable bonds is 2. The molecule has 2 heterocycles. The molecule has 2 aromatic heterocycles. The van der Waals surface area contributed by atoms with Crippen LogP contribution in [0.2, 0.25) is 0 Å². The van der Waals surface area contributed by atoms with Crippen LogP contribution < -0.4 is 11.4 Å². The predicted octanol–water partition coefficient (Wildman–Crippen LogP) is -2.09. The fourth-order valence-corrected chi connectivity index (χ4v) is 1.18. The Morgan fingerprint density at radius 2 is 2.38 bits per heavy atom. The molecule has 16 heavy (non-hydrogen) atoms. The molecule has 9 nitrogen and oxygen atoms in total. The average molecular weight is 219 g/mol. The van der Waals surface area contributed by atoms with Gasteiger partial charge in [0.2, 0.25) is 0 Å². The van der Waals surface area contributed by atoms with Crippen molar-refractivity contribution in [3.05, 3.63) is 22.5 Å². The minimum absolute atomic E-state index is 0.0216. The molecule has 1 amide bonds. The number of nitrogens with two attached hydrogens (primary N) is 1. The molecule has 0 unspecified atom stereocenters. The summed E-state index contributed by atoms with van der Waals surface area (Å²) in [6.07, 6.45) is 1.11. The van der Waals surface area contributed by atoms with Crippen LogP contribution in [0.15, 0.2) is 11.1 Å². The third-order valence-electron chi connectivity index (χ3n) is 1.87. The summed E-state index contributed by atoms with van der Waals surface area (Å²) in [6, 6.07) is 1.75. The Kier molecular flexibility index (Phi) is 2.10. The topological polar surface area (TPSA) is 132 Å². The van der Waals surface area contributed by atoms with Gasteiger partial charge in [-0.05, 0) is 0 Å². The van der Waals surface area contributed by atoms with Crippen LogP contribution in [0, 0.1) is 11.3 Å². The first kappa shape index (κ1) is 9.78. The number of nitriles is 1. The van der Waals surface area contributed by atoms with Crippen LogP contribution in [-0.4, -0.2) is 30.3 Å². The number of carbonyl (C=O) groups is 1. The lowest BCUT2D eigenvalue weighted by atomic mass is 10.4. The van der Waals surface area contributed by atoms with Crippen LogP contribution in [0.3, 0.4) is 0 Å². The minimum Gasteiger partial charge on any atom is -0.364 e. The van der Waals surface area contributed by atoms with E-state index in [1.165, 1.54) is 0 Å². The molecule has 0 radical (unpaired) electrons. The van der Waals surface area contributed by atoms with E-state index in [0.29, 0.717) is 0 Å². The van der Waals surface area contributed by atoms with Crippen LogP contribution in [0.1, 0.15) is 10.5 Å². The van der Waals surface area contributed by atoms with Gasteiger partial charge in [-0.15, -0.1) is 5.10 Å². The van der Waals surface area contributed by atoms with Crippen LogP contribution in [0.5, 0.6) is 0 Å². The second kappa shape index (κ2) is 3.43. The van der Waals surface area contributed by atoms with E-state index in [-0.39, 0.29) is 17.9 Å². The molecule has 0 fully saturated rings. The molecule has 2 N–H and O–H groups in total. The van der Waals surface area contributed by atoms with Gasteiger partial charge in [-0.3, -0.25) is 4.79 Å². The lowest BCUT2D eigenvalue weighted by Crippen LogP contribution is -2.29. The summed E-state index contributed by atoms with van der Waals surface area (Å²) >= 11 is 0. The van der Waals surface area contributed by atoms with E-state index < -0.39 is 11.6 Å². The average Bonchev–Trinajstić information content (AvgIpc) is 2.67. The van der Waals surface area contributed by atoms with Crippen molar-refractivity contribution >= 4 is 11.6 Å². The number of carbonyl (C=O) groups excluding carboxylic acids is 1. The molecule has 0 spiro atoms. The first-order valence-corrected chi connectivity index (χ1v) is 4.12. The van der Waals surface area contributed by atoms with Crippen molar-refractivity contribution in [2.24, 2.45) is 5.73 Å². The Balaban J connectivity index is 2.75. The van der Waals surface area contributed by atoms with Crippen LogP contribution >= 0.6 is 0 Å². The highest BCUT2D eigenvalue weighted by Gasteiger charge is 2.14. The summed E-state index contributed by atoms with van der Waals surface area (Å²) in [6.45, 7) is -0.230. The Labute approximate surface area is 87.7 Å². The monoisotopic (exact) mass is 219 g/mol. The van der Waals surface area contributed by atoms with Crippen molar-refractivity contribution in [2.45, 2.75) is 6.54 Å². The molecule has 0 saturated carbocycles. The van der Waals surface area contributed by atoms with E-state index in [4.69, 9.17) is 11.0 Å². The first-order chi connectivity index (χ1) is 7.65. The predicted molar refractivity (Wildman–Crippen MR) is 49.2 cm³/mol. The number of fused-ring (bicyclic) bond motifs is 1. The number of imidazole rings is 1. The molecule has 2 rings (SSSR count). The van der Waals surface area contributed by atoms with Crippen LogP contribution in [0.4, 0.5) is 0 Å². The molecular formula is C7H5N7O2. The lowest BCUT2D eigenvalue weighted by Gasteiger charge is -1.97. The van der Waals surface area contributed by atoms with E-state index in [9.17, 15) is 9.59 Å². The summed E-state index contributed by atoms with van der Waals surface area (Å²) in [7, 11) is 0. The maximum absolute atomic E-state index is 11.6. The smallest absolute Gasteiger partial charge is 0.353 e. The Morgan fingerprint density at radius 3 is 3.00 bits per heavy atom. The molecular weight excluding hydrogens is 214 g/mol. The van der Waals surface area contributed by atoms with E-state index in [1.54, 1.807) is 6.07 Å². The summed E-state index contributed by atoms with van der Waals surface area (Å²) in [5.74, 6) is -0.797. The van der Waals surface area contributed by atoms with Crippen LogP contribution in [0.25, 0.3) is 5.65 Å². The van der Waals surface area contributed by atoms with E-state index >= 15 is 0 Å². The maximum atomic E-state index is 11.6. The molecule has 0 bridgehead atoms. The van der Waals surface area contributed by atoms with Gasteiger partial charge in [0.25, 0.3) is 5.91 Å². The fourth-order valence-electron chi connectivity index (χ4n) is 1.18. The molecule has 0 aliphatic rings. The van der Waals surface area contributed by atoms with Gasteiger partial charge in [-0.25, -0.2) is 14.2 Å². The van der Waals surface area contributed by atoms with Crippen molar-refractivity contribution in [1.82, 2.24) is 24.4 Å². The van der Waals surface area contributed by atoms with E-state index in [1.807, 2.05) is 0 Å². The van der Waals surface area contributed by atoms with Crippen molar-refractivity contribution in [3.63, 3.8) is 0 Å². The SMILES string of the molecule is N#CCn1nnc2c(C(N)=O)ncn2c1=O. The minimum atomic E-state index is -0.797. The third kappa shape index (κ3) is 1.29. The highest BCUT2D eigenvalue weighted by atomic mass is 16.2. The summed E-state index contributed by atoms with van der Waals surface area (Å²) < 4.78 is 1.85. The number of nitrogens with zero attached hydrogens (tertiary/aromatic N) is 6. The molecule has 2 aromatic rings. The quantitative estimate of drug-likeness (QED) is 0.615. The van der Waals surface area contributed by atoms with Gasteiger partial charge < -0.3 is 5.73 Å². The van der Waals surface area contributed by atoms with E-state index in [2.05, 4.69) is 15.3 Å². The summed E-state index contributed by atoms with van der Waals surface area (Å²) in [5, 5.41) is 15.5. The molecule has 0 atom stereocenters. The van der Waals surface area contributed by atoms with Gasteiger partial charge >= 0.3 is 5.69 Å². The number of aromatic nitrogens is 5. The number of amides is 1. The number of hydrogen-bond donors (Lipinski definition) is 1. The van der Waals surface area contributed by atoms with Crippen molar-refractivity contribution in [2.75, 3.05) is 0 Å². The zero-order valence-corrected chi connectivity index (χ0v) is 7.86. The third-order valence-corrected chi connectivity index (χ3v) is 1.87. The van der Waals surface area contributed by atoms with Gasteiger partial charge in [0, 0.05) is 0 Å². The molecule has 0 aliphatic heterocycles. The van der Waals surface area contributed by atoms with Gasteiger partial charge in [-0.1, -0.05) is 5.21 Å². The zero-order chi connectivity index (χ0) is 11.7. The summed E-state index contributed by atoms with van der Waals surface area (Å²) in [4.78, 5) is 26.2. The fraction of sp³-hybridized carbons (Fsp3) is 0.143. The maximum Gasteiger partial charge on any atom is 0.353 e. The number of hydrogen-bond acceptors (Lipinski definition) is 6. The van der Waals surface area contributed by atoms with Crippen molar-refractivity contribution in [1.29, 1.82) is 5.26 Å². The second-order valence-electron chi connectivity index (χ2n) is 2.84. The molecule has 0 aromatic carbocycles. The van der Waals surface area contributed by atoms with Crippen molar-refractivity contribution < 1.29 is 4.79 Å². The van der Waals surface area contributed by atoms with Gasteiger partial charge in [0.1, 0.15) is 12.9 Å². The molecule has 9 heteroatoms. The van der Waals surface area contributed by atoms with Gasteiger partial charge in [0.05, 0.1) is 6.07 Å². The van der Waals surface area contributed by atoms with Crippen LogP contribution in [-0.2, 0) is 6.54 Å². The highest BCUT2D eigenvalue weighted by molar-refractivity contribution is 5.96. The molecule has 0 saturated heterocycles. The molecule has 0 aliphatic carbocycles. The Bertz CT molecular complexity index is 661. The second-order valence-corrected chi connectivity index (χ2v) is 2.84. The number of primary amides is 1. The molecule has 80 valence electrons.